The molecule has 0 spiro atoms. The lowest BCUT2D eigenvalue weighted by Crippen LogP contribution is -2.42. The number of benzene rings is 1. The number of carbonyl (C=O) groups is 2. The van der Waals surface area contributed by atoms with E-state index in [-0.39, 0.29) is 30.7 Å². The molecule has 3 heterocycles. The lowest BCUT2D eigenvalue weighted by atomic mass is 9.99. The number of hydrogen-bond donors (Lipinski definition) is 0. The minimum Gasteiger partial charge on any atom is -0.348 e. The number of fused-ring (bicyclic) bond motifs is 1. The van der Waals surface area contributed by atoms with E-state index in [9.17, 15) is 9.59 Å². The van der Waals surface area contributed by atoms with E-state index in [0.717, 1.165) is 43.7 Å². The first-order chi connectivity index (χ1) is 13.1. The highest BCUT2D eigenvalue weighted by atomic mass is 35.5. The van der Waals surface area contributed by atoms with Gasteiger partial charge in [0.1, 0.15) is 0 Å². The van der Waals surface area contributed by atoms with Gasteiger partial charge >= 0.3 is 0 Å². The quantitative estimate of drug-likeness (QED) is 0.808. The normalized spacial score (nSPS) is 19.2. The Hall–Kier alpha value is -2.27. The van der Waals surface area contributed by atoms with Gasteiger partial charge in [-0.1, -0.05) is 29.8 Å². The van der Waals surface area contributed by atoms with E-state index >= 15 is 0 Å². The first-order valence-electron chi connectivity index (χ1n) is 9.62. The largest absolute Gasteiger partial charge is 0.348 e. The smallest absolute Gasteiger partial charge is 0.223 e. The topological polar surface area (TPSA) is 45.6 Å². The van der Waals surface area contributed by atoms with Crippen LogP contribution < -0.4 is 0 Å². The van der Waals surface area contributed by atoms with Gasteiger partial charge in [0.05, 0.1) is 6.04 Å². The third-order valence-corrected chi connectivity index (χ3v) is 5.91. The van der Waals surface area contributed by atoms with Crippen LogP contribution in [0.2, 0.25) is 5.02 Å². The maximum Gasteiger partial charge on any atom is 0.223 e. The monoisotopic (exact) mass is 385 g/mol. The van der Waals surface area contributed by atoms with Crippen molar-refractivity contribution in [2.24, 2.45) is 0 Å². The fourth-order valence-electron chi connectivity index (χ4n) is 4.16. The standard InChI is InChI=1S/C21H24ClN3O2/c22-17-7-2-1-6-16(17)21-18-8-5-13-23(18)14-15-25(21)20(27)10-9-19(26)24-11-3-4-12-24/h1-2,5-8,13,21H,3-4,9-12,14-15H2/t21-/m0/s1. The summed E-state index contributed by atoms with van der Waals surface area (Å²) in [4.78, 5) is 29.1. The summed E-state index contributed by atoms with van der Waals surface area (Å²) in [6.07, 6.45) is 4.70. The number of nitrogens with zero attached hydrogens (tertiary/aromatic N) is 3. The molecule has 0 saturated carbocycles. The molecule has 0 aliphatic carbocycles. The van der Waals surface area contributed by atoms with Crippen LogP contribution in [0, 0.1) is 0 Å². The first kappa shape index (κ1) is 18.1. The van der Waals surface area contributed by atoms with Crippen LogP contribution in [0.15, 0.2) is 42.6 Å². The average molecular weight is 386 g/mol. The van der Waals surface area contributed by atoms with Crippen molar-refractivity contribution in [3.8, 4) is 0 Å². The maximum atomic E-state index is 13.0. The van der Waals surface area contributed by atoms with Crippen LogP contribution in [0.4, 0.5) is 0 Å². The summed E-state index contributed by atoms with van der Waals surface area (Å²) in [5.74, 6) is 0.107. The van der Waals surface area contributed by atoms with Gasteiger partial charge in [-0.05, 0) is 36.6 Å². The summed E-state index contributed by atoms with van der Waals surface area (Å²) >= 11 is 6.47. The molecule has 6 heteroatoms. The van der Waals surface area contributed by atoms with E-state index < -0.39 is 0 Å². The lowest BCUT2D eigenvalue weighted by Gasteiger charge is -2.38. The zero-order valence-corrected chi connectivity index (χ0v) is 16.1. The predicted octanol–water partition coefficient (Wildman–Crippen LogP) is 3.48. The van der Waals surface area contributed by atoms with Gasteiger partial charge in [-0.3, -0.25) is 9.59 Å². The second-order valence-electron chi connectivity index (χ2n) is 7.23. The van der Waals surface area contributed by atoms with Gasteiger partial charge < -0.3 is 14.4 Å². The van der Waals surface area contributed by atoms with Crippen LogP contribution in [-0.4, -0.2) is 45.8 Å². The zero-order valence-electron chi connectivity index (χ0n) is 15.3. The fourth-order valence-corrected chi connectivity index (χ4v) is 4.40. The number of rotatable bonds is 4. The van der Waals surface area contributed by atoms with E-state index in [2.05, 4.69) is 4.57 Å². The van der Waals surface area contributed by atoms with E-state index in [1.807, 2.05) is 52.4 Å². The molecule has 0 radical (unpaired) electrons. The number of halogens is 1. The summed E-state index contributed by atoms with van der Waals surface area (Å²) in [6, 6.07) is 11.5. The van der Waals surface area contributed by atoms with E-state index in [0.29, 0.717) is 11.6 Å². The number of amides is 2. The van der Waals surface area contributed by atoms with Crippen molar-refractivity contribution in [3.63, 3.8) is 0 Å². The van der Waals surface area contributed by atoms with Gasteiger partial charge in [0.15, 0.2) is 0 Å². The molecule has 0 N–H and O–H groups in total. The van der Waals surface area contributed by atoms with Gasteiger partial charge in [-0.25, -0.2) is 0 Å². The van der Waals surface area contributed by atoms with Gasteiger partial charge in [-0.2, -0.15) is 0 Å². The van der Waals surface area contributed by atoms with Crippen molar-refractivity contribution in [1.82, 2.24) is 14.4 Å². The highest BCUT2D eigenvalue weighted by Gasteiger charge is 2.33. The van der Waals surface area contributed by atoms with Gasteiger partial charge in [0, 0.05) is 55.9 Å². The maximum absolute atomic E-state index is 13.0. The molecule has 2 amide bonds. The molecular formula is C21H24ClN3O2. The Morgan fingerprint density at radius 3 is 2.44 bits per heavy atom. The Balaban J connectivity index is 1.54. The van der Waals surface area contributed by atoms with Crippen molar-refractivity contribution in [2.45, 2.75) is 38.3 Å². The zero-order chi connectivity index (χ0) is 18.8. The molecule has 142 valence electrons. The van der Waals surface area contributed by atoms with Crippen molar-refractivity contribution in [1.29, 1.82) is 0 Å². The summed E-state index contributed by atoms with van der Waals surface area (Å²) in [5, 5.41) is 0.656. The molecule has 2 aliphatic heterocycles. The molecule has 5 nitrogen and oxygen atoms in total. The number of aromatic nitrogens is 1. The molecule has 1 aromatic heterocycles. The molecule has 1 saturated heterocycles. The third-order valence-electron chi connectivity index (χ3n) is 5.57. The fraction of sp³-hybridized carbons (Fsp3) is 0.429. The van der Waals surface area contributed by atoms with Crippen LogP contribution in [0.5, 0.6) is 0 Å². The molecular weight excluding hydrogens is 362 g/mol. The third kappa shape index (κ3) is 3.61. The Morgan fingerprint density at radius 2 is 1.67 bits per heavy atom. The summed E-state index contributed by atoms with van der Waals surface area (Å²) in [6.45, 7) is 3.03. The van der Waals surface area contributed by atoms with Gasteiger partial charge in [-0.15, -0.1) is 0 Å². The minimum atomic E-state index is -0.211. The lowest BCUT2D eigenvalue weighted by molar-refractivity contribution is -0.138. The Labute approximate surface area is 164 Å². The number of carbonyl (C=O) groups excluding carboxylic acids is 2. The molecule has 2 aromatic rings. The molecule has 0 unspecified atom stereocenters. The van der Waals surface area contributed by atoms with Crippen molar-refractivity contribution >= 4 is 23.4 Å². The molecule has 4 rings (SSSR count). The molecule has 2 aliphatic rings. The average Bonchev–Trinajstić information content (AvgIpc) is 3.37. The van der Waals surface area contributed by atoms with Crippen LogP contribution in [0.1, 0.15) is 43.0 Å². The molecule has 1 fully saturated rings. The first-order valence-corrected chi connectivity index (χ1v) is 9.99. The predicted molar refractivity (Wildman–Crippen MR) is 104 cm³/mol. The SMILES string of the molecule is O=C(CCC(=O)N1CCn2cccc2[C@@H]1c1ccccc1Cl)N1CCCC1. The molecule has 27 heavy (non-hydrogen) atoms. The Morgan fingerprint density at radius 1 is 0.926 bits per heavy atom. The molecule has 0 bridgehead atoms. The van der Waals surface area contributed by atoms with E-state index in [4.69, 9.17) is 11.6 Å². The minimum absolute atomic E-state index is 0.0138. The van der Waals surface area contributed by atoms with Crippen LogP contribution >= 0.6 is 11.6 Å². The van der Waals surface area contributed by atoms with Crippen molar-refractivity contribution < 1.29 is 9.59 Å². The van der Waals surface area contributed by atoms with Crippen LogP contribution in [0.3, 0.4) is 0 Å². The van der Waals surface area contributed by atoms with E-state index in [1.54, 1.807) is 0 Å². The van der Waals surface area contributed by atoms with Crippen molar-refractivity contribution in [2.75, 3.05) is 19.6 Å². The second-order valence-corrected chi connectivity index (χ2v) is 7.63. The van der Waals surface area contributed by atoms with E-state index in [1.165, 1.54) is 0 Å². The van der Waals surface area contributed by atoms with Gasteiger partial charge in [0.2, 0.25) is 11.8 Å². The summed E-state index contributed by atoms with van der Waals surface area (Å²) in [7, 11) is 0. The summed E-state index contributed by atoms with van der Waals surface area (Å²) in [5.41, 5.74) is 1.99. The van der Waals surface area contributed by atoms with Gasteiger partial charge in [0.25, 0.3) is 0 Å². The van der Waals surface area contributed by atoms with Crippen molar-refractivity contribution in [3.05, 3.63) is 58.9 Å². The Bertz CT molecular complexity index is 841. The highest BCUT2D eigenvalue weighted by Crippen LogP contribution is 2.36. The number of hydrogen-bond acceptors (Lipinski definition) is 2. The summed E-state index contributed by atoms with van der Waals surface area (Å²) < 4.78 is 2.17. The molecule has 1 aromatic carbocycles. The molecule has 1 atom stereocenters. The van der Waals surface area contributed by atoms with Crippen LogP contribution in [0.25, 0.3) is 0 Å². The number of likely N-dealkylation sites (tertiary alicyclic amines) is 1. The van der Waals surface area contributed by atoms with Crippen LogP contribution in [-0.2, 0) is 16.1 Å². The highest BCUT2D eigenvalue weighted by molar-refractivity contribution is 6.31. The second kappa shape index (κ2) is 7.77. The Kier molecular flexibility index (Phi) is 5.21.